The molecular formula is C14H8F3N3O2. The number of carbonyl (C=O) groups excluding carboxylic acids is 1. The van der Waals surface area contributed by atoms with Crippen LogP contribution >= 0.6 is 0 Å². The fourth-order valence-electron chi connectivity index (χ4n) is 2.06. The molecule has 8 heteroatoms. The summed E-state index contributed by atoms with van der Waals surface area (Å²) in [5.41, 5.74) is -0.329. The summed E-state index contributed by atoms with van der Waals surface area (Å²) in [5, 5.41) is 2.14. The van der Waals surface area contributed by atoms with Crippen molar-refractivity contribution in [3.63, 3.8) is 0 Å². The number of rotatable bonds is 2. The minimum atomic E-state index is -1.67. The van der Waals surface area contributed by atoms with Crippen molar-refractivity contribution < 1.29 is 18.0 Å². The van der Waals surface area contributed by atoms with E-state index in [9.17, 15) is 22.8 Å². The van der Waals surface area contributed by atoms with Crippen molar-refractivity contribution in [2.24, 2.45) is 0 Å². The van der Waals surface area contributed by atoms with Crippen LogP contribution in [-0.4, -0.2) is 15.9 Å². The molecular weight excluding hydrogens is 299 g/mol. The van der Waals surface area contributed by atoms with Crippen LogP contribution in [0, 0.1) is 17.5 Å². The van der Waals surface area contributed by atoms with Gasteiger partial charge in [-0.05, 0) is 24.3 Å². The zero-order valence-electron chi connectivity index (χ0n) is 10.8. The van der Waals surface area contributed by atoms with Crippen molar-refractivity contribution in [1.82, 2.24) is 9.97 Å². The Hall–Kier alpha value is -3.03. The van der Waals surface area contributed by atoms with E-state index in [-0.39, 0.29) is 11.1 Å². The lowest BCUT2D eigenvalue weighted by molar-refractivity contribution is 0.102. The van der Waals surface area contributed by atoms with Gasteiger partial charge in [-0.25, -0.2) is 18.0 Å². The van der Waals surface area contributed by atoms with E-state index in [0.717, 1.165) is 6.07 Å². The highest BCUT2D eigenvalue weighted by Gasteiger charge is 2.17. The molecule has 0 aliphatic heterocycles. The lowest BCUT2D eigenvalue weighted by Gasteiger charge is -2.08. The smallest absolute Gasteiger partial charge is 0.319 e. The minimum Gasteiger partial charge on any atom is -0.319 e. The van der Waals surface area contributed by atoms with Crippen LogP contribution in [0.25, 0.3) is 11.0 Å². The molecule has 3 aromatic rings. The van der Waals surface area contributed by atoms with Gasteiger partial charge in [-0.1, -0.05) is 6.07 Å². The molecule has 3 N–H and O–H groups in total. The van der Waals surface area contributed by atoms with Gasteiger partial charge in [-0.15, -0.1) is 0 Å². The first-order valence-corrected chi connectivity index (χ1v) is 6.13. The highest BCUT2D eigenvalue weighted by Crippen LogP contribution is 2.21. The van der Waals surface area contributed by atoms with Crippen molar-refractivity contribution >= 4 is 22.6 Å². The SMILES string of the molecule is O=C(Nc1ccc(F)c(F)c1F)c1cccc2[nH]c(=O)[nH]c12. The molecule has 1 heterocycles. The summed E-state index contributed by atoms with van der Waals surface area (Å²) in [6.07, 6.45) is 0. The number of nitrogens with one attached hydrogen (secondary N) is 3. The zero-order valence-corrected chi connectivity index (χ0v) is 10.8. The minimum absolute atomic E-state index is 0.0555. The Labute approximate surface area is 120 Å². The van der Waals surface area contributed by atoms with E-state index < -0.39 is 34.7 Å². The molecule has 0 atom stereocenters. The summed E-state index contributed by atoms with van der Waals surface area (Å²) in [7, 11) is 0. The van der Waals surface area contributed by atoms with E-state index in [1.54, 1.807) is 6.07 Å². The van der Waals surface area contributed by atoms with Crippen LogP contribution in [0.4, 0.5) is 18.9 Å². The number of aromatic nitrogens is 2. The highest BCUT2D eigenvalue weighted by atomic mass is 19.2. The van der Waals surface area contributed by atoms with Gasteiger partial charge in [-0.3, -0.25) is 4.79 Å². The second kappa shape index (κ2) is 5.06. The number of carbonyl (C=O) groups is 1. The second-order valence-electron chi connectivity index (χ2n) is 4.48. The maximum absolute atomic E-state index is 13.6. The van der Waals surface area contributed by atoms with Crippen LogP contribution in [0.2, 0.25) is 0 Å². The zero-order chi connectivity index (χ0) is 15.9. The number of anilines is 1. The van der Waals surface area contributed by atoms with Crippen LogP contribution in [-0.2, 0) is 0 Å². The molecule has 0 spiro atoms. The van der Waals surface area contributed by atoms with Gasteiger partial charge in [0.25, 0.3) is 5.91 Å². The fraction of sp³-hybridized carbons (Fsp3) is 0. The van der Waals surface area contributed by atoms with Crippen molar-refractivity contribution in [3.05, 3.63) is 63.8 Å². The average molecular weight is 307 g/mol. The number of H-pyrrole nitrogens is 2. The van der Waals surface area contributed by atoms with Crippen molar-refractivity contribution in [1.29, 1.82) is 0 Å². The van der Waals surface area contributed by atoms with Gasteiger partial charge in [-0.2, -0.15) is 0 Å². The second-order valence-corrected chi connectivity index (χ2v) is 4.48. The number of imidazole rings is 1. The predicted octanol–water partition coefficient (Wildman–Crippen LogP) is 2.53. The molecule has 5 nitrogen and oxygen atoms in total. The number of amides is 1. The van der Waals surface area contributed by atoms with Crippen LogP contribution in [0.1, 0.15) is 10.4 Å². The van der Waals surface area contributed by atoms with Crippen LogP contribution in [0.15, 0.2) is 35.1 Å². The molecule has 2 aromatic carbocycles. The van der Waals surface area contributed by atoms with Gasteiger partial charge < -0.3 is 15.3 Å². The molecule has 0 unspecified atom stereocenters. The van der Waals surface area contributed by atoms with E-state index >= 15 is 0 Å². The first-order valence-electron chi connectivity index (χ1n) is 6.13. The molecule has 1 aromatic heterocycles. The van der Waals surface area contributed by atoms with Crippen LogP contribution < -0.4 is 11.0 Å². The third kappa shape index (κ3) is 2.24. The lowest BCUT2D eigenvalue weighted by Crippen LogP contribution is -2.14. The van der Waals surface area contributed by atoms with Crippen molar-refractivity contribution in [3.8, 4) is 0 Å². The summed E-state index contributed by atoms with van der Waals surface area (Å²) in [6, 6.07) is 6.10. The Bertz CT molecular complexity index is 946. The maximum atomic E-state index is 13.6. The summed E-state index contributed by atoms with van der Waals surface area (Å²) >= 11 is 0. The maximum Gasteiger partial charge on any atom is 0.323 e. The van der Waals surface area contributed by atoms with Crippen molar-refractivity contribution in [2.75, 3.05) is 5.32 Å². The number of para-hydroxylation sites is 1. The molecule has 22 heavy (non-hydrogen) atoms. The molecule has 0 saturated carbocycles. The van der Waals surface area contributed by atoms with Gasteiger partial charge >= 0.3 is 5.69 Å². The van der Waals surface area contributed by atoms with E-state index in [0.29, 0.717) is 11.6 Å². The Morgan fingerprint density at radius 1 is 1.00 bits per heavy atom. The number of fused-ring (bicyclic) bond motifs is 1. The molecule has 112 valence electrons. The third-order valence-electron chi connectivity index (χ3n) is 3.08. The molecule has 0 fully saturated rings. The summed E-state index contributed by atoms with van der Waals surface area (Å²) in [6.45, 7) is 0. The van der Waals surface area contributed by atoms with E-state index in [2.05, 4.69) is 15.3 Å². The Morgan fingerprint density at radius 2 is 1.77 bits per heavy atom. The predicted molar refractivity (Wildman–Crippen MR) is 73.2 cm³/mol. The number of benzene rings is 2. The molecule has 1 amide bonds. The van der Waals surface area contributed by atoms with Gasteiger partial charge in [0.2, 0.25) is 0 Å². The number of hydrogen-bond donors (Lipinski definition) is 3. The Morgan fingerprint density at radius 3 is 2.55 bits per heavy atom. The standard InChI is InChI=1S/C14H8F3N3O2/c15-7-4-5-8(11(17)10(7)16)18-13(21)6-2-1-3-9-12(6)20-14(22)19-9/h1-5H,(H,18,21)(H2,19,20,22). The molecule has 0 bridgehead atoms. The summed E-state index contributed by atoms with van der Waals surface area (Å²) in [4.78, 5) is 28.3. The number of hydrogen-bond acceptors (Lipinski definition) is 2. The highest BCUT2D eigenvalue weighted by molar-refractivity contribution is 6.11. The Balaban J connectivity index is 2.01. The number of aromatic amines is 2. The third-order valence-corrected chi connectivity index (χ3v) is 3.08. The van der Waals surface area contributed by atoms with Crippen molar-refractivity contribution in [2.45, 2.75) is 0 Å². The molecule has 0 aliphatic rings. The topological polar surface area (TPSA) is 77.8 Å². The van der Waals surface area contributed by atoms with Gasteiger partial charge in [0.1, 0.15) is 0 Å². The largest absolute Gasteiger partial charge is 0.323 e. The quantitative estimate of drug-likeness (QED) is 0.636. The lowest BCUT2D eigenvalue weighted by atomic mass is 10.1. The molecule has 0 saturated heterocycles. The molecule has 0 aliphatic carbocycles. The van der Waals surface area contributed by atoms with E-state index in [1.165, 1.54) is 12.1 Å². The van der Waals surface area contributed by atoms with Gasteiger partial charge in [0.05, 0.1) is 22.3 Å². The van der Waals surface area contributed by atoms with Crippen LogP contribution in [0.5, 0.6) is 0 Å². The summed E-state index contributed by atoms with van der Waals surface area (Å²) in [5.74, 6) is -5.30. The first-order chi connectivity index (χ1) is 10.5. The normalized spacial score (nSPS) is 10.9. The van der Waals surface area contributed by atoms with Crippen LogP contribution in [0.3, 0.4) is 0 Å². The van der Waals surface area contributed by atoms with E-state index in [1.807, 2.05) is 0 Å². The molecule has 0 radical (unpaired) electrons. The Kier molecular flexibility index (Phi) is 3.21. The van der Waals surface area contributed by atoms with Gasteiger partial charge in [0.15, 0.2) is 17.5 Å². The number of halogens is 3. The van der Waals surface area contributed by atoms with Gasteiger partial charge in [0, 0.05) is 0 Å². The first kappa shape index (κ1) is 13.9. The summed E-state index contributed by atoms with van der Waals surface area (Å²) < 4.78 is 39.6. The monoisotopic (exact) mass is 307 g/mol. The van der Waals surface area contributed by atoms with E-state index in [4.69, 9.17) is 0 Å². The fourth-order valence-corrected chi connectivity index (χ4v) is 2.06. The average Bonchev–Trinajstić information content (AvgIpc) is 2.87. The molecule has 3 rings (SSSR count).